The summed E-state index contributed by atoms with van der Waals surface area (Å²) in [5, 5.41) is 24.7. The third-order valence-corrected chi connectivity index (χ3v) is 5.38. The minimum atomic E-state index is -1.02. The van der Waals surface area contributed by atoms with Gasteiger partial charge in [0.25, 0.3) is 17.4 Å². The summed E-state index contributed by atoms with van der Waals surface area (Å²) in [6.07, 6.45) is 0. The highest BCUT2D eigenvalue weighted by molar-refractivity contribution is 6.51. The molecule has 2 amide bonds. The molecule has 0 aliphatic carbocycles. The molecule has 34 heavy (non-hydrogen) atoms. The quantitative estimate of drug-likeness (QED) is 0.194. The lowest BCUT2D eigenvalue weighted by Gasteiger charge is -2.25. The largest absolute Gasteiger partial charge is 0.507 e. The number of ketones is 1. The Hall–Kier alpha value is -4.79. The molecule has 0 spiro atoms. The van der Waals surface area contributed by atoms with Crippen molar-refractivity contribution in [2.75, 3.05) is 10.2 Å². The van der Waals surface area contributed by atoms with Crippen LogP contribution >= 0.6 is 0 Å². The molecule has 9 heteroatoms. The Morgan fingerprint density at radius 2 is 1.59 bits per heavy atom. The predicted molar refractivity (Wildman–Crippen MR) is 125 cm³/mol. The van der Waals surface area contributed by atoms with Crippen LogP contribution in [0.4, 0.5) is 17.1 Å². The number of benzene rings is 3. The monoisotopic (exact) mass is 457 g/mol. The Morgan fingerprint density at radius 3 is 2.15 bits per heavy atom. The molecule has 2 N–H and O–H groups in total. The number of nitrogens with one attached hydrogen (secondary N) is 1. The van der Waals surface area contributed by atoms with E-state index in [-0.39, 0.29) is 22.9 Å². The Kier molecular flexibility index (Phi) is 5.92. The Bertz CT molecular complexity index is 1320. The topological polar surface area (TPSA) is 130 Å². The lowest BCUT2D eigenvalue weighted by molar-refractivity contribution is -0.384. The summed E-state index contributed by atoms with van der Waals surface area (Å²) in [4.78, 5) is 49.3. The number of aliphatic hydroxyl groups is 1. The van der Waals surface area contributed by atoms with Crippen LogP contribution in [0.2, 0.25) is 0 Å². The fourth-order valence-electron chi connectivity index (χ4n) is 3.85. The summed E-state index contributed by atoms with van der Waals surface area (Å²) in [6, 6.07) is 19.1. The van der Waals surface area contributed by atoms with E-state index in [0.717, 1.165) is 0 Å². The van der Waals surface area contributed by atoms with Crippen LogP contribution in [-0.4, -0.2) is 27.6 Å². The second-order valence-electron chi connectivity index (χ2n) is 7.61. The minimum absolute atomic E-state index is 0.129. The van der Waals surface area contributed by atoms with Crippen molar-refractivity contribution in [3.63, 3.8) is 0 Å². The van der Waals surface area contributed by atoms with Crippen molar-refractivity contribution in [3.05, 3.63) is 106 Å². The molecule has 1 aliphatic heterocycles. The molecule has 0 bridgehead atoms. The number of aliphatic hydroxyl groups excluding tert-OH is 1. The van der Waals surface area contributed by atoms with E-state index < -0.39 is 22.7 Å². The van der Waals surface area contributed by atoms with Crippen LogP contribution in [0, 0.1) is 10.1 Å². The molecule has 0 aromatic heterocycles. The van der Waals surface area contributed by atoms with Gasteiger partial charge in [-0.2, -0.15) is 0 Å². The van der Waals surface area contributed by atoms with Crippen LogP contribution in [0.1, 0.15) is 24.1 Å². The Labute approximate surface area is 194 Å². The molecule has 0 saturated carbocycles. The molecule has 1 fully saturated rings. The van der Waals surface area contributed by atoms with E-state index in [9.17, 15) is 29.6 Å². The van der Waals surface area contributed by atoms with Gasteiger partial charge in [-0.3, -0.25) is 29.4 Å². The van der Waals surface area contributed by atoms with Crippen LogP contribution in [-0.2, 0) is 14.4 Å². The zero-order chi connectivity index (χ0) is 24.4. The molecule has 170 valence electrons. The van der Waals surface area contributed by atoms with Crippen LogP contribution in [0.3, 0.4) is 0 Å². The van der Waals surface area contributed by atoms with Gasteiger partial charge >= 0.3 is 0 Å². The number of nitro benzene ring substituents is 1. The highest BCUT2D eigenvalue weighted by atomic mass is 16.6. The average Bonchev–Trinajstić information content (AvgIpc) is 3.10. The summed E-state index contributed by atoms with van der Waals surface area (Å²) in [6.45, 7) is 1.37. The van der Waals surface area contributed by atoms with Crippen molar-refractivity contribution in [1.29, 1.82) is 0 Å². The zero-order valence-electron chi connectivity index (χ0n) is 18.0. The Balaban J connectivity index is 1.87. The molecule has 1 aliphatic rings. The number of amides is 2. The molecule has 3 aromatic carbocycles. The van der Waals surface area contributed by atoms with Gasteiger partial charge in [0.15, 0.2) is 0 Å². The number of non-ortho nitro benzene ring substituents is 1. The molecule has 1 saturated heterocycles. The van der Waals surface area contributed by atoms with Gasteiger partial charge in [0.05, 0.1) is 16.5 Å². The van der Waals surface area contributed by atoms with Crippen LogP contribution < -0.4 is 10.2 Å². The molecular formula is C25H19N3O6. The van der Waals surface area contributed by atoms with Crippen molar-refractivity contribution in [3.8, 4) is 0 Å². The molecule has 4 rings (SSSR count). The minimum Gasteiger partial charge on any atom is -0.507 e. The number of Topliss-reactive ketones (excluding diaryl/α,β-unsaturated/α-hetero) is 1. The van der Waals surface area contributed by atoms with Crippen molar-refractivity contribution in [1.82, 2.24) is 0 Å². The number of nitrogens with zero attached hydrogens (tertiary/aromatic N) is 2. The summed E-state index contributed by atoms with van der Waals surface area (Å²) in [7, 11) is 0. The lowest BCUT2D eigenvalue weighted by Crippen LogP contribution is -2.29. The molecule has 1 atom stereocenters. The smallest absolute Gasteiger partial charge is 0.300 e. The van der Waals surface area contributed by atoms with Gasteiger partial charge < -0.3 is 10.4 Å². The predicted octanol–water partition coefficient (Wildman–Crippen LogP) is 4.18. The first kappa shape index (κ1) is 22.4. The summed E-state index contributed by atoms with van der Waals surface area (Å²) >= 11 is 0. The third kappa shape index (κ3) is 4.14. The fraction of sp³-hybridized carbons (Fsp3) is 0.0800. The third-order valence-electron chi connectivity index (χ3n) is 5.38. The van der Waals surface area contributed by atoms with Crippen LogP contribution in [0.5, 0.6) is 0 Å². The van der Waals surface area contributed by atoms with Crippen molar-refractivity contribution < 1.29 is 24.4 Å². The summed E-state index contributed by atoms with van der Waals surface area (Å²) in [5.74, 6) is -2.34. The molecule has 3 aromatic rings. The number of carbonyl (C=O) groups excluding carboxylic acids is 3. The van der Waals surface area contributed by atoms with E-state index in [2.05, 4.69) is 5.32 Å². The number of carbonyl (C=O) groups is 3. The first-order valence-electron chi connectivity index (χ1n) is 10.3. The zero-order valence-corrected chi connectivity index (χ0v) is 18.0. The number of rotatable bonds is 5. The van der Waals surface area contributed by atoms with Crippen LogP contribution in [0.25, 0.3) is 5.76 Å². The molecule has 1 heterocycles. The first-order valence-corrected chi connectivity index (χ1v) is 10.3. The van der Waals surface area contributed by atoms with Gasteiger partial charge in [0.1, 0.15) is 5.76 Å². The Morgan fingerprint density at radius 1 is 0.971 bits per heavy atom. The lowest BCUT2D eigenvalue weighted by atomic mass is 9.95. The van der Waals surface area contributed by atoms with Gasteiger partial charge in [-0.15, -0.1) is 0 Å². The van der Waals surface area contributed by atoms with E-state index in [1.54, 1.807) is 54.6 Å². The van der Waals surface area contributed by atoms with Gasteiger partial charge in [-0.05, 0) is 42.0 Å². The standard InChI is InChI=1S/C25H19N3O6/c1-15(29)26-18-9-13-19(14-10-18)27-22(16-7-11-20(12-8-16)28(33)34)21(24(31)25(27)32)23(30)17-5-3-2-4-6-17/h2-14,22,30H,1H3,(H,26,29). The normalized spacial score (nSPS) is 17.0. The molecule has 0 radical (unpaired) electrons. The van der Waals surface area contributed by atoms with Gasteiger partial charge in [0.2, 0.25) is 5.91 Å². The number of hydrogen-bond acceptors (Lipinski definition) is 6. The fourth-order valence-corrected chi connectivity index (χ4v) is 3.85. The first-order chi connectivity index (χ1) is 16.3. The van der Waals surface area contributed by atoms with Gasteiger partial charge in [-0.1, -0.05) is 30.3 Å². The molecular weight excluding hydrogens is 438 g/mol. The van der Waals surface area contributed by atoms with Crippen molar-refractivity contribution >= 4 is 40.4 Å². The van der Waals surface area contributed by atoms with Crippen LogP contribution in [0.15, 0.2) is 84.4 Å². The highest BCUT2D eigenvalue weighted by Gasteiger charge is 2.47. The maximum absolute atomic E-state index is 13.1. The van der Waals surface area contributed by atoms with E-state index in [1.807, 2.05) is 0 Å². The molecule has 9 nitrogen and oxygen atoms in total. The SMILES string of the molecule is CC(=O)Nc1ccc(N2C(=O)C(=O)C(=C(O)c3ccccc3)C2c2ccc([N+](=O)[O-])cc2)cc1. The van der Waals surface area contributed by atoms with E-state index >= 15 is 0 Å². The maximum atomic E-state index is 13.1. The molecule has 1 unspecified atom stereocenters. The van der Waals surface area contributed by atoms with Gasteiger partial charge in [-0.25, -0.2) is 0 Å². The average molecular weight is 457 g/mol. The second-order valence-corrected chi connectivity index (χ2v) is 7.61. The maximum Gasteiger partial charge on any atom is 0.300 e. The number of anilines is 2. The van der Waals surface area contributed by atoms with E-state index in [1.165, 1.54) is 36.1 Å². The van der Waals surface area contributed by atoms with Crippen molar-refractivity contribution in [2.24, 2.45) is 0 Å². The number of hydrogen-bond donors (Lipinski definition) is 2. The van der Waals surface area contributed by atoms with Gasteiger partial charge in [0, 0.05) is 36.0 Å². The summed E-state index contributed by atoms with van der Waals surface area (Å²) in [5.41, 5.74) is 1.34. The van der Waals surface area contributed by atoms with E-state index in [4.69, 9.17) is 0 Å². The van der Waals surface area contributed by atoms with E-state index in [0.29, 0.717) is 22.5 Å². The summed E-state index contributed by atoms with van der Waals surface area (Å²) < 4.78 is 0. The van der Waals surface area contributed by atoms with Crippen molar-refractivity contribution in [2.45, 2.75) is 13.0 Å². The number of nitro groups is 1. The highest BCUT2D eigenvalue weighted by Crippen LogP contribution is 2.42. The second kappa shape index (κ2) is 8.99.